The highest BCUT2D eigenvalue weighted by atomic mass is 19.4. The summed E-state index contributed by atoms with van der Waals surface area (Å²) in [4.78, 5) is 11.9. The predicted molar refractivity (Wildman–Crippen MR) is 97.4 cm³/mol. The number of halogens is 3. The molecule has 3 nitrogen and oxygen atoms in total. The highest BCUT2D eigenvalue weighted by molar-refractivity contribution is 5.98. The van der Waals surface area contributed by atoms with Crippen molar-refractivity contribution >= 4 is 5.97 Å². The maximum Gasteiger partial charge on any atom is 0.432 e. The van der Waals surface area contributed by atoms with Gasteiger partial charge in [0.05, 0.1) is 5.56 Å². The second-order valence-corrected chi connectivity index (χ2v) is 6.54. The van der Waals surface area contributed by atoms with Crippen molar-refractivity contribution in [3.8, 4) is 16.8 Å². The average Bonchev–Trinajstić information content (AvgIpc) is 2.98. The predicted octanol–water partition coefficient (Wildman–Crippen LogP) is 5.79. The number of aromatic nitrogens is 1. The van der Waals surface area contributed by atoms with Crippen LogP contribution in [0.25, 0.3) is 16.8 Å². The Balaban J connectivity index is 2.45. The van der Waals surface area contributed by atoms with E-state index < -0.39 is 23.4 Å². The fraction of sp³-hybridized carbons (Fsp3) is 0.190. The van der Waals surface area contributed by atoms with Crippen LogP contribution >= 0.6 is 0 Å². The first kappa shape index (κ1) is 18.8. The molecule has 0 spiro atoms. The molecule has 0 aliphatic rings. The standard InChI is InChI=1S/C21H18F3NO2/c1-12-8-9-14(3)17(10-12)25-11-16(15-7-5-4-6-13(15)2)18(20(26)27)19(25)21(22,23)24/h4-11H,1-3H3,(H,26,27). The molecule has 140 valence electrons. The summed E-state index contributed by atoms with van der Waals surface area (Å²) in [5, 5.41) is 9.63. The minimum atomic E-state index is -4.83. The normalized spacial score (nSPS) is 11.6. The summed E-state index contributed by atoms with van der Waals surface area (Å²) in [6.07, 6.45) is -3.55. The lowest BCUT2D eigenvalue weighted by atomic mass is 9.98. The highest BCUT2D eigenvalue weighted by Gasteiger charge is 2.42. The van der Waals surface area contributed by atoms with Gasteiger partial charge < -0.3 is 9.67 Å². The van der Waals surface area contributed by atoms with Gasteiger partial charge in [0.15, 0.2) is 0 Å². The number of alkyl halides is 3. The number of aromatic carboxylic acids is 1. The molecule has 0 atom stereocenters. The molecule has 0 amide bonds. The zero-order chi connectivity index (χ0) is 19.9. The Kier molecular flexibility index (Phi) is 4.59. The zero-order valence-corrected chi connectivity index (χ0v) is 15.1. The van der Waals surface area contributed by atoms with Crippen LogP contribution in [0, 0.1) is 20.8 Å². The van der Waals surface area contributed by atoms with Crippen LogP contribution in [0.1, 0.15) is 32.7 Å². The Morgan fingerprint density at radius 1 is 0.963 bits per heavy atom. The third-order valence-corrected chi connectivity index (χ3v) is 4.55. The number of carbonyl (C=O) groups is 1. The number of rotatable bonds is 3. The van der Waals surface area contributed by atoms with Crippen LogP contribution in [0.5, 0.6) is 0 Å². The first-order chi connectivity index (χ1) is 12.6. The molecular formula is C21H18F3NO2. The molecule has 0 aliphatic carbocycles. The summed E-state index contributed by atoms with van der Waals surface area (Å²) in [7, 11) is 0. The Labute approximate surface area is 154 Å². The Hall–Kier alpha value is -3.02. The van der Waals surface area contributed by atoms with Crippen molar-refractivity contribution in [2.45, 2.75) is 26.9 Å². The van der Waals surface area contributed by atoms with Gasteiger partial charge in [-0.3, -0.25) is 0 Å². The summed E-state index contributed by atoms with van der Waals surface area (Å²) in [5.41, 5.74) is 1.01. The first-order valence-electron chi connectivity index (χ1n) is 8.30. The fourth-order valence-electron chi connectivity index (χ4n) is 3.25. The number of aryl methyl sites for hydroxylation is 3. The van der Waals surface area contributed by atoms with Gasteiger partial charge in [0.25, 0.3) is 0 Å². The van der Waals surface area contributed by atoms with Crippen LogP contribution in [0.2, 0.25) is 0 Å². The van der Waals surface area contributed by atoms with Crippen molar-refractivity contribution in [2.24, 2.45) is 0 Å². The minimum Gasteiger partial charge on any atom is -0.478 e. The van der Waals surface area contributed by atoms with Crippen LogP contribution in [0.3, 0.4) is 0 Å². The molecule has 0 radical (unpaired) electrons. The minimum absolute atomic E-state index is 0.0498. The van der Waals surface area contributed by atoms with E-state index in [4.69, 9.17) is 0 Å². The zero-order valence-electron chi connectivity index (χ0n) is 15.1. The molecule has 1 aromatic heterocycles. The Bertz CT molecular complexity index is 1030. The molecule has 1 N–H and O–H groups in total. The Morgan fingerprint density at radius 3 is 2.22 bits per heavy atom. The van der Waals surface area contributed by atoms with E-state index >= 15 is 0 Å². The lowest BCUT2D eigenvalue weighted by Gasteiger charge is -2.15. The average molecular weight is 373 g/mol. The monoisotopic (exact) mass is 373 g/mol. The number of nitrogens with zero attached hydrogens (tertiary/aromatic N) is 1. The SMILES string of the molecule is Cc1ccc(C)c(-n2cc(-c3ccccc3C)c(C(=O)O)c2C(F)(F)F)c1. The van der Waals surface area contributed by atoms with Gasteiger partial charge in [-0.2, -0.15) is 13.2 Å². The van der Waals surface area contributed by atoms with Crippen molar-refractivity contribution in [2.75, 3.05) is 0 Å². The summed E-state index contributed by atoms with van der Waals surface area (Å²) < 4.78 is 42.7. The van der Waals surface area contributed by atoms with Crippen LogP contribution in [-0.2, 0) is 6.18 Å². The molecule has 0 saturated carbocycles. The van der Waals surface area contributed by atoms with E-state index in [1.165, 1.54) is 6.20 Å². The van der Waals surface area contributed by atoms with Crippen molar-refractivity contribution in [3.05, 3.63) is 76.6 Å². The van der Waals surface area contributed by atoms with E-state index in [-0.39, 0.29) is 5.56 Å². The molecule has 27 heavy (non-hydrogen) atoms. The van der Waals surface area contributed by atoms with Gasteiger partial charge in [-0.25, -0.2) is 4.79 Å². The topological polar surface area (TPSA) is 42.2 Å². The molecule has 2 aromatic carbocycles. The molecule has 1 heterocycles. The van der Waals surface area contributed by atoms with Crippen molar-refractivity contribution in [1.82, 2.24) is 4.57 Å². The number of benzene rings is 2. The van der Waals surface area contributed by atoms with E-state index in [2.05, 4.69) is 0 Å². The quantitative estimate of drug-likeness (QED) is 0.632. The molecule has 3 aromatic rings. The van der Waals surface area contributed by atoms with E-state index in [0.717, 1.165) is 10.1 Å². The van der Waals surface area contributed by atoms with Gasteiger partial charge in [0, 0.05) is 17.4 Å². The van der Waals surface area contributed by atoms with E-state index in [9.17, 15) is 23.1 Å². The van der Waals surface area contributed by atoms with Crippen molar-refractivity contribution in [3.63, 3.8) is 0 Å². The molecule has 0 aliphatic heterocycles. The number of carboxylic acids is 1. The van der Waals surface area contributed by atoms with Crippen molar-refractivity contribution in [1.29, 1.82) is 0 Å². The highest BCUT2D eigenvalue weighted by Crippen LogP contribution is 2.41. The lowest BCUT2D eigenvalue weighted by Crippen LogP contribution is -2.17. The van der Waals surface area contributed by atoms with Crippen LogP contribution in [0.4, 0.5) is 13.2 Å². The second kappa shape index (κ2) is 6.61. The number of hydrogen-bond donors (Lipinski definition) is 1. The van der Waals surface area contributed by atoms with Gasteiger partial charge >= 0.3 is 12.1 Å². The van der Waals surface area contributed by atoms with Crippen LogP contribution in [-0.4, -0.2) is 15.6 Å². The van der Waals surface area contributed by atoms with Crippen LogP contribution < -0.4 is 0 Å². The smallest absolute Gasteiger partial charge is 0.432 e. The molecule has 0 unspecified atom stereocenters. The summed E-state index contributed by atoms with van der Waals surface area (Å²) in [6, 6.07) is 11.9. The van der Waals surface area contributed by atoms with Gasteiger partial charge in [0.2, 0.25) is 0 Å². The number of carboxylic acid groups (broad SMARTS) is 1. The fourth-order valence-corrected chi connectivity index (χ4v) is 3.25. The molecular weight excluding hydrogens is 355 g/mol. The molecule has 0 bridgehead atoms. The summed E-state index contributed by atoms with van der Waals surface area (Å²) >= 11 is 0. The van der Waals surface area contributed by atoms with Crippen LogP contribution in [0.15, 0.2) is 48.7 Å². The summed E-state index contributed by atoms with van der Waals surface area (Å²) in [6.45, 7) is 5.21. The maximum atomic E-state index is 13.9. The van der Waals surface area contributed by atoms with Gasteiger partial charge in [-0.15, -0.1) is 0 Å². The molecule has 6 heteroatoms. The largest absolute Gasteiger partial charge is 0.478 e. The third-order valence-electron chi connectivity index (χ3n) is 4.55. The molecule has 0 saturated heterocycles. The lowest BCUT2D eigenvalue weighted by molar-refractivity contribution is -0.142. The molecule has 0 fully saturated rings. The van der Waals surface area contributed by atoms with Gasteiger partial charge in [0.1, 0.15) is 5.69 Å². The van der Waals surface area contributed by atoms with Gasteiger partial charge in [-0.1, -0.05) is 36.4 Å². The van der Waals surface area contributed by atoms with E-state index in [1.807, 2.05) is 0 Å². The van der Waals surface area contributed by atoms with Gasteiger partial charge in [-0.05, 0) is 49.1 Å². The second-order valence-electron chi connectivity index (χ2n) is 6.54. The maximum absolute atomic E-state index is 13.9. The third kappa shape index (κ3) is 3.35. The van der Waals surface area contributed by atoms with E-state index in [0.29, 0.717) is 22.4 Å². The molecule has 3 rings (SSSR count). The summed E-state index contributed by atoms with van der Waals surface area (Å²) in [5.74, 6) is -1.61. The van der Waals surface area contributed by atoms with E-state index in [1.54, 1.807) is 63.2 Å². The van der Waals surface area contributed by atoms with Crippen molar-refractivity contribution < 1.29 is 23.1 Å². The number of hydrogen-bond acceptors (Lipinski definition) is 1. The Morgan fingerprint density at radius 2 is 1.63 bits per heavy atom. The first-order valence-corrected chi connectivity index (χ1v) is 8.30.